The molecule has 4 heteroatoms. The summed E-state index contributed by atoms with van der Waals surface area (Å²) in [4.78, 5) is 12.2. The van der Waals surface area contributed by atoms with Crippen molar-refractivity contribution in [1.29, 1.82) is 5.26 Å². The highest BCUT2D eigenvalue weighted by Gasteiger charge is 2.11. The monoisotopic (exact) mass is 329 g/mol. The Bertz CT molecular complexity index is 938. The molecule has 0 aliphatic heterocycles. The first kappa shape index (κ1) is 16.7. The minimum Gasteiger partial charge on any atom is -0.324 e. The van der Waals surface area contributed by atoms with Crippen molar-refractivity contribution in [2.75, 3.05) is 11.9 Å². The predicted molar refractivity (Wildman–Crippen MR) is 100 cm³/mol. The normalized spacial score (nSPS) is 11.7. The van der Waals surface area contributed by atoms with Gasteiger partial charge >= 0.3 is 0 Å². The third kappa shape index (κ3) is 3.85. The molecule has 0 bridgehead atoms. The van der Waals surface area contributed by atoms with Crippen LogP contribution in [0, 0.1) is 11.3 Å². The minimum atomic E-state index is -0.171. The number of para-hydroxylation sites is 1. The Morgan fingerprint density at radius 2 is 1.76 bits per heavy atom. The maximum Gasteiger partial charge on any atom is 0.238 e. The van der Waals surface area contributed by atoms with Crippen LogP contribution in [0.2, 0.25) is 0 Å². The van der Waals surface area contributed by atoms with E-state index in [1.165, 1.54) is 10.8 Å². The highest BCUT2D eigenvalue weighted by atomic mass is 16.1. The molecule has 4 nitrogen and oxygen atoms in total. The van der Waals surface area contributed by atoms with Gasteiger partial charge in [0, 0.05) is 6.04 Å². The number of nitrogens with zero attached hydrogens (tertiary/aromatic N) is 1. The molecule has 0 unspecified atom stereocenters. The minimum absolute atomic E-state index is 0.0306. The molecule has 2 N–H and O–H groups in total. The Labute approximate surface area is 147 Å². The van der Waals surface area contributed by atoms with Gasteiger partial charge < -0.3 is 10.6 Å². The molecule has 1 amide bonds. The maximum absolute atomic E-state index is 12.2. The van der Waals surface area contributed by atoms with Crippen LogP contribution in [-0.4, -0.2) is 12.5 Å². The van der Waals surface area contributed by atoms with Crippen molar-refractivity contribution in [3.8, 4) is 6.07 Å². The Kier molecular flexibility index (Phi) is 5.08. The van der Waals surface area contributed by atoms with Crippen LogP contribution < -0.4 is 10.6 Å². The summed E-state index contributed by atoms with van der Waals surface area (Å²) < 4.78 is 0. The molecule has 0 saturated heterocycles. The quantitative estimate of drug-likeness (QED) is 0.743. The summed E-state index contributed by atoms with van der Waals surface area (Å²) in [6.07, 6.45) is 0. The molecule has 0 heterocycles. The lowest BCUT2D eigenvalue weighted by molar-refractivity contribution is -0.115. The number of hydrogen-bond donors (Lipinski definition) is 2. The van der Waals surface area contributed by atoms with Gasteiger partial charge in [-0.2, -0.15) is 5.26 Å². The standard InChI is InChI=1S/C21H19N3O/c1-15(18-11-6-9-16-7-2-4-10-19(16)18)23-14-21(25)24-20-12-5-3-8-17(20)13-22/h2-12,15,23H,14H2,1H3,(H,24,25)/t15-/m1/s1. The average molecular weight is 329 g/mol. The van der Waals surface area contributed by atoms with Crippen molar-refractivity contribution in [3.63, 3.8) is 0 Å². The van der Waals surface area contributed by atoms with Crippen LogP contribution in [-0.2, 0) is 4.79 Å². The lowest BCUT2D eigenvalue weighted by Crippen LogP contribution is -2.30. The predicted octanol–water partition coefficient (Wildman–Crippen LogP) is 4.00. The van der Waals surface area contributed by atoms with Gasteiger partial charge in [-0.3, -0.25) is 4.79 Å². The molecule has 124 valence electrons. The fourth-order valence-electron chi connectivity index (χ4n) is 2.87. The summed E-state index contributed by atoms with van der Waals surface area (Å²) >= 11 is 0. The lowest BCUT2D eigenvalue weighted by atomic mass is 10.00. The lowest BCUT2D eigenvalue weighted by Gasteiger charge is -2.16. The second-order valence-electron chi connectivity index (χ2n) is 5.88. The maximum atomic E-state index is 12.2. The number of benzene rings is 3. The van der Waals surface area contributed by atoms with Crippen LogP contribution in [0.5, 0.6) is 0 Å². The summed E-state index contributed by atoms with van der Waals surface area (Å²) in [5.41, 5.74) is 2.15. The number of carbonyl (C=O) groups is 1. The van der Waals surface area contributed by atoms with E-state index >= 15 is 0 Å². The zero-order valence-corrected chi connectivity index (χ0v) is 14.0. The molecular formula is C21H19N3O. The van der Waals surface area contributed by atoms with Crippen molar-refractivity contribution in [2.24, 2.45) is 0 Å². The van der Waals surface area contributed by atoms with E-state index in [9.17, 15) is 4.79 Å². The fraction of sp³-hybridized carbons (Fsp3) is 0.143. The van der Waals surface area contributed by atoms with Gasteiger partial charge in [0.2, 0.25) is 5.91 Å². The number of amides is 1. The van der Waals surface area contributed by atoms with Crippen LogP contribution in [0.4, 0.5) is 5.69 Å². The van der Waals surface area contributed by atoms with Crippen molar-refractivity contribution in [3.05, 3.63) is 77.9 Å². The van der Waals surface area contributed by atoms with Gasteiger partial charge in [-0.25, -0.2) is 0 Å². The highest BCUT2D eigenvalue weighted by Crippen LogP contribution is 2.23. The second-order valence-corrected chi connectivity index (χ2v) is 5.88. The van der Waals surface area contributed by atoms with E-state index in [-0.39, 0.29) is 18.5 Å². The SMILES string of the molecule is C[C@@H](NCC(=O)Nc1ccccc1C#N)c1cccc2ccccc12. The Hall–Kier alpha value is -3.16. The summed E-state index contributed by atoms with van der Waals surface area (Å²) in [6, 6.07) is 23.5. The van der Waals surface area contributed by atoms with Crippen LogP contribution >= 0.6 is 0 Å². The molecule has 0 aliphatic rings. The van der Waals surface area contributed by atoms with Crippen molar-refractivity contribution < 1.29 is 4.79 Å². The summed E-state index contributed by atoms with van der Waals surface area (Å²) in [7, 11) is 0. The van der Waals surface area contributed by atoms with Gasteiger partial charge in [-0.1, -0.05) is 54.6 Å². The molecule has 0 aromatic heterocycles. The van der Waals surface area contributed by atoms with Gasteiger partial charge in [0.25, 0.3) is 0 Å². The summed E-state index contributed by atoms with van der Waals surface area (Å²) in [5.74, 6) is -0.171. The number of nitrogens with one attached hydrogen (secondary N) is 2. The number of nitriles is 1. The Morgan fingerprint density at radius 3 is 2.60 bits per heavy atom. The molecule has 1 atom stereocenters. The van der Waals surface area contributed by atoms with E-state index in [0.29, 0.717) is 11.3 Å². The van der Waals surface area contributed by atoms with Gasteiger partial charge in [0.15, 0.2) is 0 Å². The largest absolute Gasteiger partial charge is 0.324 e. The molecule has 0 spiro atoms. The molecule has 3 rings (SSSR count). The van der Waals surface area contributed by atoms with Crippen LogP contribution in [0.15, 0.2) is 66.7 Å². The number of anilines is 1. The molecule has 0 fully saturated rings. The van der Waals surface area contributed by atoms with Crippen LogP contribution in [0.3, 0.4) is 0 Å². The van der Waals surface area contributed by atoms with Crippen molar-refractivity contribution >= 4 is 22.4 Å². The van der Waals surface area contributed by atoms with E-state index in [1.807, 2.05) is 25.1 Å². The molecular weight excluding hydrogens is 310 g/mol. The first-order valence-electron chi connectivity index (χ1n) is 8.19. The molecule has 0 radical (unpaired) electrons. The molecule has 0 aliphatic carbocycles. The number of rotatable bonds is 5. The van der Waals surface area contributed by atoms with E-state index < -0.39 is 0 Å². The summed E-state index contributed by atoms with van der Waals surface area (Å²) in [5, 5.41) is 17.5. The van der Waals surface area contributed by atoms with Gasteiger partial charge in [0.1, 0.15) is 6.07 Å². The molecule has 3 aromatic carbocycles. The number of fused-ring (bicyclic) bond motifs is 1. The van der Waals surface area contributed by atoms with E-state index in [1.54, 1.807) is 24.3 Å². The first-order valence-corrected chi connectivity index (χ1v) is 8.19. The molecule has 0 saturated carbocycles. The number of hydrogen-bond acceptors (Lipinski definition) is 3. The van der Waals surface area contributed by atoms with Crippen LogP contribution in [0.1, 0.15) is 24.1 Å². The van der Waals surface area contributed by atoms with Gasteiger partial charge in [-0.15, -0.1) is 0 Å². The topological polar surface area (TPSA) is 64.9 Å². The third-order valence-corrected chi connectivity index (χ3v) is 4.18. The Balaban J connectivity index is 1.66. The summed E-state index contributed by atoms with van der Waals surface area (Å²) in [6.45, 7) is 2.21. The fourth-order valence-corrected chi connectivity index (χ4v) is 2.87. The van der Waals surface area contributed by atoms with E-state index in [0.717, 1.165) is 5.56 Å². The van der Waals surface area contributed by atoms with E-state index in [4.69, 9.17) is 5.26 Å². The first-order chi connectivity index (χ1) is 12.2. The van der Waals surface area contributed by atoms with Gasteiger partial charge in [0.05, 0.1) is 17.8 Å². The van der Waals surface area contributed by atoms with Gasteiger partial charge in [-0.05, 0) is 35.4 Å². The third-order valence-electron chi connectivity index (χ3n) is 4.18. The molecule has 3 aromatic rings. The zero-order chi connectivity index (χ0) is 17.6. The smallest absolute Gasteiger partial charge is 0.238 e. The van der Waals surface area contributed by atoms with Crippen molar-refractivity contribution in [2.45, 2.75) is 13.0 Å². The second kappa shape index (κ2) is 7.61. The van der Waals surface area contributed by atoms with Crippen LogP contribution in [0.25, 0.3) is 10.8 Å². The Morgan fingerprint density at radius 1 is 1.04 bits per heavy atom. The average Bonchev–Trinajstić information content (AvgIpc) is 2.66. The highest BCUT2D eigenvalue weighted by molar-refractivity contribution is 5.93. The molecule has 25 heavy (non-hydrogen) atoms. The number of carbonyl (C=O) groups excluding carboxylic acids is 1. The van der Waals surface area contributed by atoms with E-state index in [2.05, 4.69) is 41.0 Å². The van der Waals surface area contributed by atoms with Crippen molar-refractivity contribution in [1.82, 2.24) is 5.32 Å². The zero-order valence-electron chi connectivity index (χ0n) is 14.0.